The first-order chi connectivity index (χ1) is 10.4. The zero-order chi connectivity index (χ0) is 15.9. The molecule has 0 spiro atoms. The quantitative estimate of drug-likeness (QED) is 0.859. The molecule has 2 atom stereocenters. The van der Waals surface area contributed by atoms with Crippen LogP contribution in [0.3, 0.4) is 0 Å². The summed E-state index contributed by atoms with van der Waals surface area (Å²) in [5.41, 5.74) is 6.72. The molecule has 2 heterocycles. The maximum atomic E-state index is 12.6. The lowest BCUT2D eigenvalue weighted by molar-refractivity contribution is 0.0778. The zero-order valence-corrected chi connectivity index (χ0v) is 13.2. The van der Waals surface area contributed by atoms with Crippen molar-refractivity contribution in [1.29, 1.82) is 0 Å². The number of hydrogen-bond donors (Lipinski definition) is 2. The van der Waals surface area contributed by atoms with Crippen molar-refractivity contribution in [3.8, 4) is 0 Å². The van der Waals surface area contributed by atoms with Crippen molar-refractivity contribution in [3.05, 3.63) is 27.9 Å². The van der Waals surface area contributed by atoms with Gasteiger partial charge >= 0.3 is 5.69 Å². The fraction of sp³-hybridized carbons (Fsp3) is 0.688. The highest BCUT2D eigenvalue weighted by molar-refractivity contribution is 5.92. The minimum atomic E-state index is -0.455. The molecule has 1 aromatic rings. The minimum Gasteiger partial charge on any atom is -0.335 e. The van der Waals surface area contributed by atoms with E-state index >= 15 is 0 Å². The van der Waals surface area contributed by atoms with Gasteiger partial charge in [0.1, 0.15) is 5.69 Å². The largest absolute Gasteiger partial charge is 0.345 e. The fourth-order valence-electron chi connectivity index (χ4n) is 3.37. The maximum Gasteiger partial charge on any atom is 0.345 e. The van der Waals surface area contributed by atoms with Crippen molar-refractivity contribution in [2.45, 2.75) is 39.2 Å². The summed E-state index contributed by atoms with van der Waals surface area (Å²) in [7, 11) is 0. The van der Waals surface area contributed by atoms with Gasteiger partial charge in [0.15, 0.2) is 0 Å². The van der Waals surface area contributed by atoms with E-state index in [2.05, 4.69) is 23.8 Å². The number of aromatic amines is 1. The number of nitrogens with two attached hydrogens (primary N) is 1. The summed E-state index contributed by atoms with van der Waals surface area (Å²) in [6.45, 7) is 5.40. The van der Waals surface area contributed by atoms with E-state index in [4.69, 9.17) is 5.73 Å². The van der Waals surface area contributed by atoms with Gasteiger partial charge in [-0.1, -0.05) is 13.8 Å². The molecule has 1 saturated heterocycles. The van der Waals surface area contributed by atoms with Crippen LogP contribution < -0.4 is 11.4 Å². The molecule has 22 heavy (non-hydrogen) atoms. The normalized spacial score (nSPS) is 25.0. The van der Waals surface area contributed by atoms with Gasteiger partial charge in [-0.3, -0.25) is 4.79 Å². The van der Waals surface area contributed by atoms with Crippen LogP contribution in [0.4, 0.5) is 0 Å². The zero-order valence-electron chi connectivity index (χ0n) is 13.2. The molecule has 1 aliphatic carbocycles. The molecule has 1 aromatic heterocycles. The molecule has 0 bridgehead atoms. The first-order valence-electron chi connectivity index (χ1n) is 8.09. The van der Waals surface area contributed by atoms with Gasteiger partial charge in [0.25, 0.3) is 5.91 Å². The summed E-state index contributed by atoms with van der Waals surface area (Å²) in [5, 5.41) is 0. The van der Waals surface area contributed by atoms with Crippen LogP contribution in [0, 0.1) is 17.8 Å². The van der Waals surface area contributed by atoms with E-state index in [-0.39, 0.29) is 17.6 Å². The summed E-state index contributed by atoms with van der Waals surface area (Å²) < 4.78 is 0. The molecule has 1 amide bonds. The lowest BCUT2D eigenvalue weighted by atomic mass is 9.99. The fourth-order valence-corrected chi connectivity index (χ4v) is 3.37. The third-order valence-corrected chi connectivity index (χ3v) is 4.57. The average molecular weight is 304 g/mol. The second-order valence-electron chi connectivity index (χ2n) is 7.07. The number of likely N-dealkylation sites (tertiary alicyclic amines) is 1. The SMILES string of the molecule is CC(C)Cc1cc(C(=O)N2C[C@H](C3CC3)[C@@H](N)C2)nc(=O)[nH]1. The summed E-state index contributed by atoms with van der Waals surface area (Å²) in [4.78, 5) is 32.6. The molecule has 0 radical (unpaired) electrons. The van der Waals surface area contributed by atoms with Gasteiger partial charge in [0.2, 0.25) is 0 Å². The van der Waals surface area contributed by atoms with Gasteiger partial charge < -0.3 is 15.6 Å². The number of H-pyrrole nitrogens is 1. The Morgan fingerprint density at radius 1 is 1.45 bits per heavy atom. The number of hydrogen-bond acceptors (Lipinski definition) is 4. The van der Waals surface area contributed by atoms with Gasteiger partial charge in [-0.25, -0.2) is 4.79 Å². The third-order valence-electron chi connectivity index (χ3n) is 4.57. The molecule has 120 valence electrons. The topological polar surface area (TPSA) is 92.1 Å². The van der Waals surface area contributed by atoms with E-state index in [1.165, 1.54) is 12.8 Å². The minimum absolute atomic E-state index is 0.0496. The van der Waals surface area contributed by atoms with Crippen LogP contribution >= 0.6 is 0 Å². The second-order valence-corrected chi connectivity index (χ2v) is 7.07. The number of nitrogens with one attached hydrogen (secondary N) is 1. The Balaban J connectivity index is 1.77. The van der Waals surface area contributed by atoms with Crippen molar-refractivity contribution < 1.29 is 4.79 Å². The number of carbonyl (C=O) groups excluding carboxylic acids is 1. The van der Waals surface area contributed by atoms with Crippen molar-refractivity contribution in [2.75, 3.05) is 13.1 Å². The molecule has 6 nitrogen and oxygen atoms in total. The summed E-state index contributed by atoms with van der Waals surface area (Å²) >= 11 is 0. The Kier molecular flexibility index (Phi) is 4.04. The molecule has 2 fully saturated rings. The number of aromatic nitrogens is 2. The molecule has 0 aromatic carbocycles. The highest BCUT2D eigenvalue weighted by Gasteiger charge is 2.42. The molecule has 1 aliphatic heterocycles. The highest BCUT2D eigenvalue weighted by atomic mass is 16.2. The summed E-state index contributed by atoms with van der Waals surface area (Å²) in [5.74, 6) is 1.31. The molecule has 0 unspecified atom stereocenters. The van der Waals surface area contributed by atoms with Crippen molar-refractivity contribution in [2.24, 2.45) is 23.5 Å². The van der Waals surface area contributed by atoms with E-state index in [0.29, 0.717) is 30.8 Å². The predicted octanol–water partition coefficient (Wildman–Crippen LogP) is 0.778. The molecule has 3 rings (SSSR count). The second kappa shape index (κ2) is 5.83. The van der Waals surface area contributed by atoms with Crippen LogP contribution in [0.5, 0.6) is 0 Å². The number of amides is 1. The average Bonchev–Trinajstić information content (AvgIpc) is 3.19. The van der Waals surface area contributed by atoms with Crippen LogP contribution in [0.2, 0.25) is 0 Å². The van der Waals surface area contributed by atoms with E-state index in [9.17, 15) is 9.59 Å². The predicted molar refractivity (Wildman–Crippen MR) is 83.5 cm³/mol. The Bertz CT molecular complexity index is 621. The van der Waals surface area contributed by atoms with E-state index in [0.717, 1.165) is 12.1 Å². The standard InChI is InChI=1S/C16H24N4O2/c1-9(2)5-11-6-14(19-16(22)18-11)15(21)20-7-12(10-3-4-10)13(17)8-20/h6,9-10,12-13H,3-5,7-8,17H2,1-2H3,(H,18,19,22)/t12-,13+/m1/s1. The van der Waals surface area contributed by atoms with E-state index in [1.54, 1.807) is 11.0 Å². The van der Waals surface area contributed by atoms with Crippen molar-refractivity contribution in [1.82, 2.24) is 14.9 Å². The Labute approximate surface area is 130 Å². The van der Waals surface area contributed by atoms with Crippen LogP contribution in [0.1, 0.15) is 42.9 Å². The highest BCUT2D eigenvalue weighted by Crippen LogP contribution is 2.41. The third kappa shape index (κ3) is 3.21. The first-order valence-corrected chi connectivity index (χ1v) is 8.09. The van der Waals surface area contributed by atoms with Crippen LogP contribution in [-0.4, -0.2) is 39.9 Å². The van der Waals surface area contributed by atoms with Crippen molar-refractivity contribution >= 4 is 5.91 Å². The monoisotopic (exact) mass is 304 g/mol. The van der Waals surface area contributed by atoms with Gasteiger partial charge in [-0.15, -0.1) is 0 Å². The maximum absolute atomic E-state index is 12.6. The molecular formula is C16H24N4O2. The lowest BCUT2D eigenvalue weighted by Crippen LogP contribution is -2.34. The van der Waals surface area contributed by atoms with Gasteiger partial charge in [-0.05, 0) is 43.1 Å². The molecule has 1 saturated carbocycles. The van der Waals surface area contributed by atoms with Gasteiger partial charge in [0.05, 0.1) is 0 Å². The Morgan fingerprint density at radius 3 is 2.82 bits per heavy atom. The molecule has 3 N–H and O–H groups in total. The Hall–Kier alpha value is -1.69. The van der Waals surface area contributed by atoms with Gasteiger partial charge in [-0.2, -0.15) is 4.98 Å². The Morgan fingerprint density at radius 2 is 2.18 bits per heavy atom. The number of rotatable bonds is 4. The van der Waals surface area contributed by atoms with Crippen LogP contribution in [0.25, 0.3) is 0 Å². The molecular weight excluding hydrogens is 280 g/mol. The number of carbonyl (C=O) groups is 1. The summed E-state index contributed by atoms with van der Waals surface area (Å²) in [6.07, 6.45) is 3.17. The van der Waals surface area contributed by atoms with Crippen LogP contribution in [0.15, 0.2) is 10.9 Å². The first kappa shape index (κ1) is 15.2. The molecule has 6 heteroatoms. The lowest BCUT2D eigenvalue weighted by Gasteiger charge is -2.16. The number of nitrogens with zero attached hydrogens (tertiary/aromatic N) is 2. The van der Waals surface area contributed by atoms with Gasteiger partial charge in [0, 0.05) is 24.8 Å². The summed E-state index contributed by atoms with van der Waals surface area (Å²) in [6, 6.07) is 1.76. The van der Waals surface area contributed by atoms with Crippen molar-refractivity contribution in [3.63, 3.8) is 0 Å². The van der Waals surface area contributed by atoms with E-state index in [1.807, 2.05) is 0 Å². The smallest absolute Gasteiger partial charge is 0.335 e. The van der Waals surface area contributed by atoms with Crippen LogP contribution in [-0.2, 0) is 6.42 Å². The molecule has 2 aliphatic rings. The van der Waals surface area contributed by atoms with E-state index < -0.39 is 5.69 Å².